The molecular formula is C26H43N6O10P. The lowest BCUT2D eigenvalue weighted by atomic mass is 9.85. The molecule has 0 aromatic carbocycles. The number of carbonyl (C=O) groups is 5. The lowest BCUT2D eigenvalue weighted by Crippen LogP contribution is -2.45. The van der Waals surface area contributed by atoms with Crippen molar-refractivity contribution in [2.45, 2.75) is 58.0 Å². The maximum Gasteiger partial charge on any atom is 0.322 e. The number of imide groups is 1. The van der Waals surface area contributed by atoms with E-state index in [0.29, 0.717) is 6.61 Å². The fourth-order valence-corrected chi connectivity index (χ4v) is 6.52. The number of carboxylic acid groups (broad SMARTS) is 1. The van der Waals surface area contributed by atoms with Crippen molar-refractivity contribution < 1.29 is 47.9 Å². The third-order valence-electron chi connectivity index (χ3n) is 7.03. The normalized spacial score (nSPS) is 24.3. The highest BCUT2D eigenvalue weighted by Crippen LogP contribution is 2.45. The molecule has 2 bridgehead atoms. The van der Waals surface area contributed by atoms with Crippen molar-refractivity contribution in [2.24, 2.45) is 11.8 Å². The van der Waals surface area contributed by atoms with Gasteiger partial charge in [-0.1, -0.05) is 25.5 Å². The van der Waals surface area contributed by atoms with Crippen LogP contribution in [-0.4, -0.2) is 117 Å². The number of nitrogens with one attached hydrogen (secondary N) is 5. The Hall–Kier alpha value is -2.72. The molecule has 0 aromatic heterocycles. The summed E-state index contributed by atoms with van der Waals surface area (Å²) in [5.41, 5.74) is 0. The Morgan fingerprint density at radius 1 is 0.953 bits per heavy atom. The molecule has 16 nitrogen and oxygen atoms in total. The summed E-state index contributed by atoms with van der Waals surface area (Å²) in [6.07, 6.45) is 4.35. The van der Waals surface area contributed by atoms with Gasteiger partial charge in [-0.05, 0) is 20.3 Å². The lowest BCUT2D eigenvalue weighted by molar-refractivity contribution is -0.142. The van der Waals surface area contributed by atoms with E-state index in [2.05, 4.69) is 25.9 Å². The van der Waals surface area contributed by atoms with Crippen LogP contribution in [0.25, 0.3) is 0 Å². The SMILES string of the molecule is CCCC(COC(C)C)OCCNP(=O)(NCCN1C(=O)C2C3C=CC(O3)C2C1=O)NCC(=O)NCC(=O)NCC(=O)O. The van der Waals surface area contributed by atoms with Gasteiger partial charge >= 0.3 is 5.97 Å². The Bertz CT molecular complexity index is 1070. The molecule has 3 rings (SSSR count). The maximum absolute atomic E-state index is 13.7. The van der Waals surface area contributed by atoms with E-state index in [1.807, 2.05) is 20.8 Å². The number of carboxylic acids is 1. The van der Waals surface area contributed by atoms with Gasteiger partial charge in [0.1, 0.15) is 6.54 Å². The van der Waals surface area contributed by atoms with Crippen LogP contribution < -0.4 is 25.9 Å². The van der Waals surface area contributed by atoms with Crippen LogP contribution in [-0.2, 0) is 42.7 Å². The molecule has 6 N–H and O–H groups in total. The summed E-state index contributed by atoms with van der Waals surface area (Å²) < 4.78 is 30.9. The first-order valence-corrected chi connectivity index (χ1v) is 16.2. The molecule has 0 radical (unpaired) electrons. The van der Waals surface area contributed by atoms with E-state index in [-0.39, 0.29) is 50.3 Å². The lowest BCUT2D eigenvalue weighted by Gasteiger charge is -2.24. The van der Waals surface area contributed by atoms with Gasteiger partial charge in [-0.25, -0.2) is 15.3 Å². The monoisotopic (exact) mass is 630 g/mol. The number of fused-ring (bicyclic) bond motifs is 5. The third-order valence-corrected chi connectivity index (χ3v) is 8.97. The molecule has 3 aliphatic rings. The molecule has 0 spiro atoms. The van der Waals surface area contributed by atoms with Crippen LogP contribution in [0.2, 0.25) is 0 Å². The Balaban J connectivity index is 1.52. The number of hydrogen-bond donors (Lipinski definition) is 6. The zero-order valence-corrected chi connectivity index (χ0v) is 25.6. The average Bonchev–Trinajstić information content (AvgIpc) is 3.65. The molecule has 3 heterocycles. The smallest absolute Gasteiger partial charge is 0.322 e. The van der Waals surface area contributed by atoms with Crippen LogP contribution in [0, 0.1) is 11.8 Å². The Morgan fingerprint density at radius 3 is 2.16 bits per heavy atom. The predicted molar refractivity (Wildman–Crippen MR) is 153 cm³/mol. The standard InChI is InChI=1S/C26H43N6O10P/c1-4-5-17(15-41-16(2)3)40-11-9-30-43(39,31-13-21(34)27-12-20(33)28-14-22(35)36)29-8-10-32-25(37)23-18-6-7-19(42-18)24(23)26(32)38/h6-7,16-19,23-24H,4-5,8-15H2,1-3H3,(H,27,34)(H,28,33)(H,35,36)(H3,29,30,31,39). The molecule has 2 fully saturated rings. The number of nitrogens with zero attached hydrogens (tertiary/aromatic N) is 1. The summed E-state index contributed by atoms with van der Waals surface area (Å²) in [5, 5.41) is 21.3. The Labute approximate surface area is 250 Å². The topological polar surface area (TPSA) is 214 Å². The van der Waals surface area contributed by atoms with Gasteiger partial charge in [0.25, 0.3) is 7.59 Å². The highest BCUT2D eigenvalue weighted by atomic mass is 31.2. The Kier molecular flexibility index (Phi) is 13.2. The molecule has 17 heteroatoms. The second-order valence-corrected chi connectivity index (χ2v) is 12.9. The van der Waals surface area contributed by atoms with E-state index in [9.17, 15) is 28.5 Å². The van der Waals surface area contributed by atoms with Crippen molar-refractivity contribution in [3.05, 3.63) is 12.2 Å². The van der Waals surface area contributed by atoms with Gasteiger partial charge in [0.2, 0.25) is 23.6 Å². The second kappa shape index (κ2) is 16.4. The number of hydrogen-bond acceptors (Lipinski definition) is 9. The van der Waals surface area contributed by atoms with Crippen molar-refractivity contribution in [1.82, 2.24) is 30.8 Å². The van der Waals surface area contributed by atoms with Crippen LogP contribution in [0.3, 0.4) is 0 Å². The second-order valence-electron chi connectivity index (χ2n) is 10.7. The summed E-state index contributed by atoms with van der Waals surface area (Å²) >= 11 is 0. The van der Waals surface area contributed by atoms with E-state index >= 15 is 0 Å². The van der Waals surface area contributed by atoms with Gasteiger partial charge in [-0.15, -0.1) is 0 Å². The van der Waals surface area contributed by atoms with Crippen molar-refractivity contribution >= 4 is 37.2 Å². The molecule has 0 aromatic rings. The molecular weight excluding hydrogens is 587 g/mol. The first kappa shape index (κ1) is 34.8. The largest absolute Gasteiger partial charge is 0.480 e. The third kappa shape index (κ3) is 10.2. The first-order chi connectivity index (χ1) is 20.4. The van der Waals surface area contributed by atoms with Crippen LogP contribution in [0.4, 0.5) is 0 Å². The zero-order chi connectivity index (χ0) is 31.6. The average molecular weight is 631 g/mol. The van der Waals surface area contributed by atoms with E-state index in [1.54, 1.807) is 12.2 Å². The number of ether oxygens (including phenoxy) is 3. The van der Waals surface area contributed by atoms with E-state index in [4.69, 9.17) is 19.3 Å². The van der Waals surface area contributed by atoms with Crippen LogP contribution in [0.5, 0.6) is 0 Å². The van der Waals surface area contributed by atoms with E-state index in [1.165, 1.54) is 0 Å². The number of rotatable bonds is 21. The van der Waals surface area contributed by atoms with Crippen molar-refractivity contribution in [3.8, 4) is 0 Å². The van der Waals surface area contributed by atoms with Gasteiger partial charge in [0.05, 0.1) is 62.6 Å². The van der Waals surface area contributed by atoms with Gasteiger partial charge in [-0.2, -0.15) is 0 Å². The predicted octanol–water partition coefficient (Wildman–Crippen LogP) is -1.27. The zero-order valence-electron chi connectivity index (χ0n) is 24.7. The van der Waals surface area contributed by atoms with Gasteiger partial charge in [0, 0.05) is 19.6 Å². The molecule has 6 atom stereocenters. The van der Waals surface area contributed by atoms with Crippen LogP contribution >= 0.6 is 7.59 Å². The first-order valence-electron chi connectivity index (χ1n) is 14.5. The molecule has 2 saturated heterocycles. The van der Waals surface area contributed by atoms with Gasteiger partial charge < -0.3 is 30.0 Å². The number of amides is 4. The van der Waals surface area contributed by atoms with Crippen molar-refractivity contribution in [2.75, 3.05) is 52.5 Å². The maximum atomic E-state index is 13.7. The molecule has 0 saturated carbocycles. The van der Waals surface area contributed by atoms with Gasteiger partial charge in [-0.3, -0.25) is 33.4 Å². The summed E-state index contributed by atoms with van der Waals surface area (Å²) in [7, 11) is -3.67. The van der Waals surface area contributed by atoms with Gasteiger partial charge in [0.15, 0.2) is 0 Å². The summed E-state index contributed by atoms with van der Waals surface area (Å²) in [5.74, 6) is -4.35. The minimum Gasteiger partial charge on any atom is -0.480 e. The molecule has 4 amide bonds. The van der Waals surface area contributed by atoms with Crippen molar-refractivity contribution in [1.29, 1.82) is 0 Å². The fourth-order valence-electron chi connectivity index (χ4n) is 5.00. The summed E-state index contributed by atoms with van der Waals surface area (Å²) in [6, 6.07) is 0. The molecule has 43 heavy (non-hydrogen) atoms. The number of carbonyl (C=O) groups excluding carboxylic acids is 4. The molecule has 6 unspecified atom stereocenters. The quantitative estimate of drug-likeness (QED) is 0.0378. The minimum absolute atomic E-state index is 0.0292. The summed E-state index contributed by atoms with van der Waals surface area (Å²) in [6.45, 7) is 5.07. The number of likely N-dealkylation sites (tertiary alicyclic amines) is 1. The summed E-state index contributed by atoms with van der Waals surface area (Å²) in [4.78, 5) is 61.5. The highest BCUT2D eigenvalue weighted by Gasteiger charge is 2.60. The van der Waals surface area contributed by atoms with Crippen LogP contribution in [0.15, 0.2) is 12.2 Å². The van der Waals surface area contributed by atoms with Crippen LogP contribution in [0.1, 0.15) is 33.6 Å². The number of aliphatic carboxylic acids is 1. The molecule has 3 aliphatic heterocycles. The van der Waals surface area contributed by atoms with E-state index in [0.717, 1.165) is 17.7 Å². The minimum atomic E-state index is -3.67. The van der Waals surface area contributed by atoms with Crippen molar-refractivity contribution in [3.63, 3.8) is 0 Å². The van der Waals surface area contributed by atoms with E-state index < -0.39 is 69.1 Å². The highest BCUT2D eigenvalue weighted by molar-refractivity contribution is 7.57. The fraction of sp³-hybridized carbons (Fsp3) is 0.731. The Morgan fingerprint density at radius 2 is 1.56 bits per heavy atom. The molecule has 0 aliphatic carbocycles. The molecule has 242 valence electrons.